The van der Waals surface area contributed by atoms with Gasteiger partial charge in [0.2, 0.25) is 5.71 Å². The third-order valence-electron chi connectivity index (χ3n) is 6.50. The summed E-state index contributed by atoms with van der Waals surface area (Å²) in [6.45, 7) is 10.9. The van der Waals surface area contributed by atoms with Crippen molar-refractivity contribution in [1.29, 1.82) is 0 Å². The predicted octanol–water partition coefficient (Wildman–Crippen LogP) is 6.60. The Morgan fingerprint density at radius 2 is 1.65 bits per heavy atom. The van der Waals surface area contributed by atoms with Crippen molar-refractivity contribution in [3.05, 3.63) is 65.6 Å². The third-order valence-corrected chi connectivity index (χ3v) is 9.64. The number of benzene rings is 1. The standard InChI is InChI=1S/C30H35ClF3N4O9PS/c1-16-18(23-24(40)36(8)27(41)37(9)25(23)44-16)13-22(39)35-26-38(15-43-48(42,46-28(2,3)4)47-29(5,6)7)20(14-49-26)17-10-11-21(19(31)12-17)45-30(32,33)34/h10-12,14H,13,15H2,1-9H3. The van der Waals surface area contributed by atoms with Gasteiger partial charge in [-0.2, -0.15) is 4.99 Å². The monoisotopic (exact) mass is 750 g/mol. The molecule has 0 unspecified atom stereocenters. The van der Waals surface area contributed by atoms with Crippen LogP contribution in [0.1, 0.15) is 52.9 Å². The summed E-state index contributed by atoms with van der Waals surface area (Å²) in [7, 11) is -1.57. The van der Waals surface area contributed by atoms with Crippen molar-refractivity contribution >= 4 is 47.8 Å². The number of ether oxygens (including phenoxy) is 1. The van der Waals surface area contributed by atoms with E-state index in [2.05, 4.69) is 9.73 Å². The van der Waals surface area contributed by atoms with Crippen LogP contribution in [0.5, 0.6) is 5.75 Å². The van der Waals surface area contributed by atoms with Crippen molar-refractivity contribution in [2.24, 2.45) is 19.1 Å². The smallest absolute Gasteiger partial charge is 0.444 e. The Hall–Kier alpha value is -3.47. The van der Waals surface area contributed by atoms with Crippen LogP contribution in [0, 0.1) is 6.92 Å². The fraction of sp³-hybridized carbons (Fsp3) is 0.467. The molecule has 268 valence electrons. The van der Waals surface area contributed by atoms with E-state index in [0.717, 1.165) is 26.5 Å². The molecule has 0 radical (unpaired) electrons. The molecule has 3 heterocycles. The normalized spacial score (nSPS) is 13.4. The first-order valence-corrected chi connectivity index (χ1v) is 17.3. The minimum absolute atomic E-state index is 0.00134. The molecule has 4 aromatic rings. The molecule has 0 aliphatic heterocycles. The van der Waals surface area contributed by atoms with Gasteiger partial charge in [-0.15, -0.1) is 24.5 Å². The van der Waals surface area contributed by atoms with Crippen molar-refractivity contribution in [1.82, 2.24) is 13.7 Å². The maximum Gasteiger partial charge on any atom is 0.573 e. The number of nitrogens with zero attached hydrogens (tertiary/aromatic N) is 4. The van der Waals surface area contributed by atoms with Crippen LogP contribution >= 0.6 is 30.8 Å². The summed E-state index contributed by atoms with van der Waals surface area (Å²) in [6.07, 6.45) is -5.37. The topological polar surface area (TPSA) is 145 Å². The highest BCUT2D eigenvalue weighted by Crippen LogP contribution is 2.55. The minimum Gasteiger partial charge on any atom is -0.444 e. The Labute approximate surface area is 287 Å². The van der Waals surface area contributed by atoms with Gasteiger partial charge in [0.05, 0.1) is 28.3 Å². The molecule has 0 saturated carbocycles. The number of furan rings is 1. The van der Waals surface area contributed by atoms with E-state index in [9.17, 15) is 32.1 Å². The number of alkyl halides is 3. The number of hydrogen-bond acceptors (Lipinski definition) is 10. The number of aromatic nitrogens is 3. The summed E-state index contributed by atoms with van der Waals surface area (Å²) < 4.78 is 82.7. The molecular formula is C30H35ClF3N4O9PS. The molecule has 1 aromatic carbocycles. The molecule has 19 heteroatoms. The van der Waals surface area contributed by atoms with Gasteiger partial charge in [-0.25, -0.2) is 9.36 Å². The van der Waals surface area contributed by atoms with Crippen LogP contribution in [0.2, 0.25) is 5.02 Å². The zero-order chi connectivity index (χ0) is 36.9. The molecule has 0 saturated heterocycles. The van der Waals surface area contributed by atoms with E-state index in [1.165, 1.54) is 36.2 Å². The van der Waals surface area contributed by atoms with Crippen molar-refractivity contribution in [2.45, 2.75) is 79.2 Å². The molecule has 0 bridgehead atoms. The molecule has 13 nitrogen and oxygen atoms in total. The molecule has 0 N–H and O–H groups in total. The van der Waals surface area contributed by atoms with E-state index >= 15 is 0 Å². The number of amides is 1. The lowest BCUT2D eigenvalue weighted by molar-refractivity contribution is -0.274. The lowest BCUT2D eigenvalue weighted by atomic mass is 10.1. The Kier molecular flexibility index (Phi) is 10.7. The molecule has 0 spiro atoms. The second kappa shape index (κ2) is 13.7. The Morgan fingerprint density at radius 3 is 2.20 bits per heavy atom. The van der Waals surface area contributed by atoms with Gasteiger partial charge in [-0.05, 0) is 66.7 Å². The number of phosphoric acid groups is 1. The van der Waals surface area contributed by atoms with Crippen LogP contribution in [0.4, 0.5) is 13.2 Å². The molecule has 49 heavy (non-hydrogen) atoms. The second-order valence-corrected chi connectivity index (χ2v) is 15.6. The number of hydrogen-bond donors (Lipinski definition) is 0. The summed E-state index contributed by atoms with van der Waals surface area (Å²) >= 11 is 7.09. The van der Waals surface area contributed by atoms with E-state index < -0.39 is 61.4 Å². The van der Waals surface area contributed by atoms with E-state index in [1.807, 2.05) is 0 Å². The average molecular weight is 751 g/mol. The molecular weight excluding hydrogens is 716 g/mol. The number of carbonyl (C=O) groups is 1. The zero-order valence-electron chi connectivity index (χ0n) is 28.1. The highest BCUT2D eigenvalue weighted by molar-refractivity contribution is 7.48. The molecule has 0 fully saturated rings. The fourth-order valence-corrected chi connectivity index (χ4v) is 7.48. The molecule has 4 rings (SSSR count). The maximum absolute atomic E-state index is 13.9. The molecule has 3 aromatic heterocycles. The van der Waals surface area contributed by atoms with Crippen LogP contribution < -0.4 is 20.8 Å². The number of halogens is 4. The lowest BCUT2D eigenvalue weighted by Crippen LogP contribution is -2.36. The summed E-state index contributed by atoms with van der Waals surface area (Å²) in [4.78, 5) is 43.1. The number of fused-ring (bicyclic) bond motifs is 1. The lowest BCUT2D eigenvalue weighted by Gasteiger charge is -2.31. The van der Waals surface area contributed by atoms with Gasteiger partial charge >= 0.3 is 19.9 Å². The summed E-state index contributed by atoms with van der Waals surface area (Å²) in [5.41, 5.74) is -2.43. The highest BCUT2D eigenvalue weighted by atomic mass is 35.5. The SMILES string of the molecule is Cc1oc2c(c1CC(=O)N=c1scc(-c3ccc(OC(F)(F)F)c(Cl)c3)n1COP(=O)(OC(C)(C)C)OC(C)(C)C)c(=O)n(C)c(=O)n2C. The molecule has 0 aliphatic rings. The van der Waals surface area contributed by atoms with Crippen LogP contribution in [-0.4, -0.2) is 37.2 Å². The maximum atomic E-state index is 13.9. The van der Waals surface area contributed by atoms with Gasteiger partial charge < -0.3 is 9.15 Å². The van der Waals surface area contributed by atoms with Gasteiger partial charge in [-0.1, -0.05) is 11.6 Å². The van der Waals surface area contributed by atoms with Crippen LogP contribution in [0.25, 0.3) is 22.4 Å². The van der Waals surface area contributed by atoms with E-state index in [1.54, 1.807) is 48.5 Å². The number of carbonyl (C=O) groups excluding carboxylic acids is 1. The van der Waals surface area contributed by atoms with Crippen LogP contribution in [0.3, 0.4) is 0 Å². The van der Waals surface area contributed by atoms with Gasteiger partial charge in [0, 0.05) is 30.6 Å². The van der Waals surface area contributed by atoms with E-state index in [-0.39, 0.29) is 43.5 Å². The fourth-order valence-electron chi connectivity index (χ4n) is 4.61. The minimum atomic E-state index is -4.98. The number of thiazole rings is 1. The van der Waals surface area contributed by atoms with Gasteiger partial charge in [0.15, 0.2) is 4.80 Å². The zero-order valence-corrected chi connectivity index (χ0v) is 30.5. The first-order valence-electron chi connectivity index (χ1n) is 14.5. The van der Waals surface area contributed by atoms with E-state index in [4.69, 9.17) is 29.6 Å². The molecule has 0 atom stereocenters. The van der Waals surface area contributed by atoms with Gasteiger partial charge in [-0.3, -0.25) is 36.9 Å². The Morgan fingerprint density at radius 1 is 1.04 bits per heavy atom. The first-order chi connectivity index (χ1) is 22.4. The molecule has 1 amide bonds. The summed E-state index contributed by atoms with van der Waals surface area (Å²) in [5, 5.41) is 1.22. The first kappa shape index (κ1) is 38.3. The summed E-state index contributed by atoms with van der Waals surface area (Å²) in [6, 6.07) is 3.53. The van der Waals surface area contributed by atoms with Crippen molar-refractivity contribution in [2.75, 3.05) is 0 Å². The molecule has 0 aliphatic carbocycles. The van der Waals surface area contributed by atoms with Crippen LogP contribution in [-0.2, 0) is 50.2 Å². The predicted molar refractivity (Wildman–Crippen MR) is 176 cm³/mol. The van der Waals surface area contributed by atoms with Crippen molar-refractivity contribution < 1.29 is 45.3 Å². The van der Waals surface area contributed by atoms with Crippen molar-refractivity contribution in [3.8, 4) is 17.0 Å². The van der Waals surface area contributed by atoms with E-state index in [0.29, 0.717) is 0 Å². The average Bonchev–Trinajstić information content (AvgIpc) is 3.48. The number of aryl methyl sites for hydroxylation is 2. The van der Waals surface area contributed by atoms with Crippen LogP contribution in [0.15, 0.2) is 42.6 Å². The Balaban J connectivity index is 1.82. The van der Waals surface area contributed by atoms with Gasteiger partial charge in [0.1, 0.15) is 23.6 Å². The number of rotatable bonds is 9. The second-order valence-electron chi connectivity index (χ2n) is 12.8. The van der Waals surface area contributed by atoms with Crippen molar-refractivity contribution in [3.63, 3.8) is 0 Å². The summed E-state index contributed by atoms with van der Waals surface area (Å²) in [5.74, 6) is -1.13. The quantitative estimate of drug-likeness (QED) is 0.173. The van der Waals surface area contributed by atoms with Gasteiger partial charge in [0.25, 0.3) is 11.5 Å². The highest BCUT2D eigenvalue weighted by Gasteiger charge is 2.38. The number of phosphoric ester groups is 1. The third kappa shape index (κ3) is 9.21. The largest absolute Gasteiger partial charge is 0.573 e. The Bertz CT molecular complexity index is 2130.